The van der Waals surface area contributed by atoms with Crippen LogP contribution in [0.25, 0.3) is 0 Å². The number of hydrogen-bond acceptors (Lipinski definition) is 4. The Kier molecular flexibility index (Phi) is 7.21. The topological polar surface area (TPSA) is 95.9 Å². The van der Waals surface area contributed by atoms with E-state index in [2.05, 4.69) is 12.2 Å². The summed E-state index contributed by atoms with van der Waals surface area (Å²) in [6.45, 7) is 4.06. The molecule has 1 saturated heterocycles. The zero-order chi connectivity index (χ0) is 20.0. The summed E-state index contributed by atoms with van der Waals surface area (Å²) in [7, 11) is 1.58. The minimum absolute atomic E-state index is 0.0274. The van der Waals surface area contributed by atoms with Crippen molar-refractivity contribution in [3.8, 4) is 5.75 Å². The second kappa shape index (κ2) is 9.39. The van der Waals surface area contributed by atoms with Crippen molar-refractivity contribution in [3.05, 3.63) is 29.8 Å². The molecule has 1 aromatic carbocycles. The third-order valence-corrected chi connectivity index (χ3v) is 4.98. The van der Waals surface area contributed by atoms with Crippen LogP contribution in [-0.2, 0) is 14.4 Å². The van der Waals surface area contributed by atoms with Crippen molar-refractivity contribution < 1.29 is 24.2 Å². The Morgan fingerprint density at radius 3 is 2.56 bits per heavy atom. The van der Waals surface area contributed by atoms with Crippen LogP contribution < -0.4 is 10.1 Å². The molecule has 0 aliphatic carbocycles. The molecule has 2 unspecified atom stereocenters. The van der Waals surface area contributed by atoms with Crippen molar-refractivity contribution in [2.75, 3.05) is 13.7 Å². The Morgan fingerprint density at radius 1 is 1.33 bits per heavy atom. The van der Waals surface area contributed by atoms with E-state index in [-0.39, 0.29) is 18.2 Å². The average molecular weight is 376 g/mol. The number of aliphatic carboxylic acids is 1. The molecule has 7 nitrogen and oxygen atoms in total. The lowest BCUT2D eigenvalue weighted by molar-refractivity contribution is -0.147. The number of methoxy groups -OCH3 is 1. The lowest BCUT2D eigenvalue weighted by atomic mass is 9.83. The SMILES string of the molecule is CCCCN1C(=O)CCC(C(=O)N[C@@H](C)C(=O)O)C1c1ccc(OC)cc1. The third-order valence-electron chi connectivity index (χ3n) is 4.98. The predicted octanol–water partition coefficient (Wildman–Crippen LogP) is 2.36. The maximum Gasteiger partial charge on any atom is 0.325 e. The monoisotopic (exact) mass is 376 g/mol. The van der Waals surface area contributed by atoms with Crippen LogP contribution in [0, 0.1) is 5.92 Å². The molecule has 1 fully saturated rings. The fourth-order valence-corrected chi connectivity index (χ4v) is 3.42. The molecular weight excluding hydrogens is 348 g/mol. The van der Waals surface area contributed by atoms with Gasteiger partial charge in [-0.2, -0.15) is 0 Å². The predicted molar refractivity (Wildman–Crippen MR) is 100 cm³/mol. The number of carbonyl (C=O) groups excluding carboxylic acids is 2. The van der Waals surface area contributed by atoms with E-state index in [4.69, 9.17) is 9.84 Å². The van der Waals surface area contributed by atoms with E-state index in [1.54, 1.807) is 24.1 Å². The minimum Gasteiger partial charge on any atom is -0.497 e. The van der Waals surface area contributed by atoms with Gasteiger partial charge in [0.05, 0.1) is 19.1 Å². The van der Waals surface area contributed by atoms with Gasteiger partial charge in [0.15, 0.2) is 0 Å². The van der Waals surface area contributed by atoms with Crippen LogP contribution in [0.2, 0.25) is 0 Å². The van der Waals surface area contributed by atoms with E-state index in [0.29, 0.717) is 18.7 Å². The number of piperidine rings is 1. The fourth-order valence-electron chi connectivity index (χ4n) is 3.42. The molecular formula is C20H28N2O5. The zero-order valence-electron chi connectivity index (χ0n) is 16.1. The number of amides is 2. The molecule has 1 aliphatic rings. The Morgan fingerprint density at radius 2 is 2.00 bits per heavy atom. The first kappa shape index (κ1) is 20.7. The molecule has 3 atom stereocenters. The number of unbranched alkanes of at least 4 members (excludes halogenated alkanes) is 1. The van der Waals surface area contributed by atoms with Gasteiger partial charge < -0.3 is 20.1 Å². The molecule has 1 aliphatic heterocycles. The summed E-state index contributed by atoms with van der Waals surface area (Å²) in [5.74, 6) is -1.19. The minimum atomic E-state index is -1.08. The number of nitrogens with one attached hydrogen (secondary N) is 1. The quantitative estimate of drug-likeness (QED) is 0.726. The highest BCUT2D eigenvalue weighted by Gasteiger charge is 2.40. The summed E-state index contributed by atoms with van der Waals surface area (Å²) < 4.78 is 5.20. The smallest absolute Gasteiger partial charge is 0.325 e. The van der Waals surface area contributed by atoms with Gasteiger partial charge in [-0.1, -0.05) is 25.5 Å². The third kappa shape index (κ3) is 4.99. The summed E-state index contributed by atoms with van der Waals surface area (Å²) in [5, 5.41) is 11.6. The first-order valence-corrected chi connectivity index (χ1v) is 9.35. The van der Waals surface area contributed by atoms with Gasteiger partial charge in [0.2, 0.25) is 11.8 Å². The standard InChI is InChI=1S/C20H28N2O5/c1-4-5-12-22-17(23)11-10-16(19(24)21-13(2)20(25)26)18(22)14-6-8-15(27-3)9-7-14/h6-9,13,16,18H,4-5,10-12H2,1-3H3,(H,21,24)(H,25,26)/t13-,16?,18?/m0/s1. The highest BCUT2D eigenvalue weighted by atomic mass is 16.5. The van der Waals surface area contributed by atoms with Gasteiger partial charge >= 0.3 is 5.97 Å². The summed E-state index contributed by atoms with van der Waals surface area (Å²) in [6, 6.07) is 5.95. The largest absolute Gasteiger partial charge is 0.497 e. The van der Waals surface area contributed by atoms with Crippen LogP contribution in [0.1, 0.15) is 51.1 Å². The maximum absolute atomic E-state index is 12.8. The first-order valence-electron chi connectivity index (χ1n) is 9.35. The van der Waals surface area contributed by atoms with E-state index in [1.165, 1.54) is 6.92 Å². The molecule has 0 bridgehead atoms. The molecule has 2 amide bonds. The number of carboxylic acid groups (broad SMARTS) is 1. The van der Waals surface area contributed by atoms with Crippen LogP contribution in [0.15, 0.2) is 24.3 Å². The highest BCUT2D eigenvalue weighted by Crippen LogP contribution is 2.37. The van der Waals surface area contributed by atoms with Crippen LogP contribution in [0.3, 0.4) is 0 Å². The van der Waals surface area contributed by atoms with Gasteiger partial charge in [-0.05, 0) is 37.5 Å². The molecule has 27 heavy (non-hydrogen) atoms. The van der Waals surface area contributed by atoms with Crippen LogP contribution in [-0.4, -0.2) is 47.5 Å². The number of benzene rings is 1. The van der Waals surface area contributed by atoms with Crippen molar-refractivity contribution in [2.45, 2.75) is 51.6 Å². The van der Waals surface area contributed by atoms with E-state index in [0.717, 1.165) is 18.4 Å². The van der Waals surface area contributed by atoms with Crippen molar-refractivity contribution in [1.82, 2.24) is 10.2 Å². The Hall–Kier alpha value is -2.57. The van der Waals surface area contributed by atoms with E-state index in [1.807, 2.05) is 12.1 Å². The molecule has 1 aromatic rings. The Bertz CT molecular complexity index is 673. The van der Waals surface area contributed by atoms with Gasteiger partial charge in [0.25, 0.3) is 0 Å². The Balaban J connectivity index is 2.34. The van der Waals surface area contributed by atoms with E-state index in [9.17, 15) is 14.4 Å². The van der Waals surface area contributed by atoms with Crippen molar-refractivity contribution in [1.29, 1.82) is 0 Å². The van der Waals surface area contributed by atoms with Crippen LogP contribution in [0.4, 0.5) is 0 Å². The summed E-state index contributed by atoms with van der Waals surface area (Å²) in [6.07, 6.45) is 2.47. The molecule has 148 valence electrons. The van der Waals surface area contributed by atoms with Crippen LogP contribution in [0.5, 0.6) is 5.75 Å². The van der Waals surface area contributed by atoms with Crippen LogP contribution >= 0.6 is 0 Å². The highest BCUT2D eigenvalue weighted by molar-refractivity contribution is 5.88. The molecule has 1 heterocycles. The van der Waals surface area contributed by atoms with E-state index >= 15 is 0 Å². The maximum atomic E-state index is 12.8. The number of ether oxygens (including phenoxy) is 1. The number of rotatable bonds is 8. The van der Waals surface area contributed by atoms with Gasteiger partial charge in [0.1, 0.15) is 11.8 Å². The fraction of sp³-hybridized carbons (Fsp3) is 0.550. The molecule has 7 heteroatoms. The molecule has 0 saturated carbocycles. The first-order chi connectivity index (χ1) is 12.9. The molecule has 0 aromatic heterocycles. The summed E-state index contributed by atoms with van der Waals surface area (Å²) in [5.41, 5.74) is 0.850. The van der Waals surface area contributed by atoms with Gasteiger partial charge in [-0.15, -0.1) is 0 Å². The number of carbonyl (C=O) groups is 3. The molecule has 0 radical (unpaired) electrons. The number of carboxylic acids is 1. The van der Waals surface area contributed by atoms with Crippen molar-refractivity contribution in [3.63, 3.8) is 0 Å². The second-order valence-electron chi connectivity index (χ2n) is 6.87. The number of nitrogens with zero attached hydrogens (tertiary/aromatic N) is 1. The van der Waals surface area contributed by atoms with Crippen molar-refractivity contribution >= 4 is 17.8 Å². The normalized spacial score (nSPS) is 20.9. The van der Waals surface area contributed by atoms with Gasteiger partial charge in [-0.3, -0.25) is 14.4 Å². The number of likely N-dealkylation sites (tertiary alicyclic amines) is 1. The van der Waals surface area contributed by atoms with Gasteiger partial charge in [0, 0.05) is 13.0 Å². The molecule has 0 spiro atoms. The average Bonchev–Trinajstić information content (AvgIpc) is 2.66. The lowest BCUT2D eigenvalue weighted by Crippen LogP contribution is -2.50. The summed E-state index contributed by atoms with van der Waals surface area (Å²) in [4.78, 5) is 38.3. The summed E-state index contributed by atoms with van der Waals surface area (Å²) >= 11 is 0. The molecule has 2 N–H and O–H groups in total. The number of hydrogen-bond donors (Lipinski definition) is 2. The lowest BCUT2D eigenvalue weighted by Gasteiger charge is -2.41. The molecule has 2 rings (SSSR count). The van der Waals surface area contributed by atoms with Gasteiger partial charge in [-0.25, -0.2) is 0 Å². The van der Waals surface area contributed by atoms with Crippen molar-refractivity contribution in [2.24, 2.45) is 5.92 Å². The van der Waals surface area contributed by atoms with E-state index < -0.39 is 24.0 Å². The zero-order valence-corrected chi connectivity index (χ0v) is 16.1. The second-order valence-corrected chi connectivity index (χ2v) is 6.87. The Labute approximate surface area is 159 Å².